The maximum atomic E-state index is 12.1. The molecule has 0 aliphatic carbocycles. The SMILES string of the molecule is CC/C=C/CC(O)/C=C/C=C/CCCCCCCC(=O)OC[C@H](CO)OC(=O)CCCCCCCCCCCCC(C)CC. The van der Waals surface area contributed by atoms with Crippen molar-refractivity contribution in [3.63, 3.8) is 0 Å². The number of esters is 2. The maximum Gasteiger partial charge on any atom is 0.306 e. The Balaban J connectivity index is 3.66. The van der Waals surface area contributed by atoms with Crippen molar-refractivity contribution in [2.75, 3.05) is 13.2 Å². The minimum atomic E-state index is -0.791. The van der Waals surface area contributed by atoms with Crippen LogP contribution in [0.25, 0.3) is 0 Å². The van der Waals surface area contributed by atoms with Crippen LogP contribution < -0.4 is 0 Å². The lowest BCUT2D eigenvalue weighted by Crippen LogP contribution is -2.28. The van der Waals surface area contributed by atoms with E-state index in [1.165, 1.54) is 57.8 Å². The fraction of sp³-hybridized carbons (Fsp3) is 0.789. The molecule has 0 amide bonds. The highest BCUT2D eigenvalue weighted by molar-refractivity contribution is 5.70. The van der Waals surface area contributed by atoms with Gasteiger partial charge in [0.25, 0.3) is 0 Å². The van der Waals surface area contributed by atoms with E-state index in [0.717, 1.165) is 70.1 Å². The summed E-state index contributed by atoms with van der Waals surface area (Å²) in [4.78, 5) is 24.2. The Hall–Kier alpha value is -1.92. The van der Waals surface area contributed by atoms with Crippen molar-refractivity contribution in [1.29, 1.82) is 0 Å². The molecule has 0 aromatic heterocycles. The Morgan fingerprint density at radius 2 is 1.27 bits per heavy atom. The Morgan fingerprint density at radius 3 is 1.86 bits per heavy atom. The lowest BCUT2D eigenvalue weighted by Gasteiger charge is -2.15. The number of rotatable bonds is 31. The smallest absolute Gasteiger partial charge is 0.306 e. The fourth-order valence-corrected chi connectivity index (χ4v) is 4.92. The van der Waals surface area contributed by atoms with E-state index < -0.39 is 12.2 Å². The molecule has 0 radical (unpaired) electrons. The Kier molecular flexibility index (Phi) is 31.1. The molecule has 6 nitrogen and oxygen atoms in total. The van der Waals surface area contributed by atoms with Gasteiger partial charge in [-0.1, -0.05) is 147 Å². The Bertz CT molecular complexity index is 744. The van der Waals surface area contributed by atoms with E-state index in [1.807, 2.05) is 24.3 Å². The molecule has 0 bridgehead atoms. The predicted octanol–water partition coefficient (Wildman–Crippen LogP) is 9.72. The second-order valence-corrected chi connectivity index (χ2v) is 12.4. The van der Waals surface area contributed by atoms with E-state index in [4.69, 9.17) is 9.47 Å². The predicted molar refractivity (Wildman–Crippen MR) is 183 cm³/mol. The first kappa shape index (κ1) is 42.1. The summed E-state index contributed by atoms with van der Waals surface area (Å²) < 4.78 is 10.5. The molecule has 0 aromatic rings. The zero-order valence-corrected chi connectivity index (χ0v) is 28.7. The van der Waals surface area contributed by atoms with Gasteiger partial charge in [0, 0.05) is 12.8 Å². The van der Waals surface area contributed by atoms with Gasteiger partial charge in [-0.2, -0.15) is 0 Å². The third-order valence-corrected chi connectivity index (χ3v) is 8.07. The molecule has 0 spiro atoms. The van der Waals surface area contributed by atoms with E-state index in [1.54, 1.807) is 0 Å². The molecule has 44 heavy (non-hydrogen) atoms. The van der Waals surface area contributed by atoms with Gasteiger partial charge in [0.2, 0.25) is 0 Å². The molecule has 0 aliphatic rings. The van der Waals surface area contributed by atoms with Gasteiger partial charge < -0.3 is 19.7 Å². The first-order chi connectivity index (χ1) is 21.4. The molecule has 3 atom stereocenters. The van der Waals surface area contributed by atoms with Crippen molar-refractivity contribution >= 4 is 11.9 Å². The molecule has 256 valence electrons. The fourth-order valence-electron chi connectivity index (χ4n) is 4.92. The van der Waals surface area contributed by atoms with Gasteiger partial charge >= 0.3 is 11.9 Å². The second-order valence-electron chi connectivity index (χ2n) is 12.4. The van der Waals surface area contributed by atoms with Crippen molar-refractivity contribution < 1.29 is 29.3 Å². The molecule has 0 aliphatic heterocycles. The van der Waals surface area contributed by atoms with Gasteiger partial charge in [-0.3, -0.25) is 9.59 Å². The summed E-state index contributed by atoms with van der Waals surface area (Å²) in [6.45, 7) is 6.25. The van der Waals surface area contributed by atoms with Gasteiger partial charge in [-0.05, 0) is 44.4 Å². The average Bonchev–Trinajstić information content (AvgIpc) is 3.02. The number of carbonyl (C=O) groups excluding carboxylic acids is 2. The van der Waals surface area contributed by atoms with Gasteiger partial charge in [0.1, 0.15) is 6.61 Å². The van der Waals surface area contributed by atoms with Gasteiger partial charge in [-0.15, -0.1) is 0 Å². The monoisotopic (exact) mass is 621 g/mol. The zero-order valence-electron chi connectivity index (χ0n) is 28.7. The van der Waals surface area contributed by atoms with Crippen molar-refractivity contribution in [2.24, 2.45) is 5.92 Å². The average molecular weight is 621 g/mol. The van der Waals surface area contributed by atoms with Crippen LogP contribution in [-0.2, 0) is 19.1 Å². The van der Waals surface area contributed by atoms with Crippen molar-refractivity contribution in [3.8, 4) is 0 Å². The van der Waals surface area contributed by atoms with Crippen LogP contribution in [0.1, 0.15) is 162 Å². The number of ether oxygens (including phenoxy) is 2. The standard InChI is InChI=1S/C38H68O6/c1-4-6-22-28-35(40)29-24-19-15-11-9-13-16-20-25-30-37(41)43-33-36(32-39)44-38(42)31-26-21-17-12-8-7-10-14-18-23-27-34(3)5-2/h6,15,19,22,24,29,34-36,39-40H,4-5,7-14,16-18,20-21,23,25-28,30-33H2,1-3H3/b19-15+,22-6+,29-24+/t34?,35?,36-/m0/s1. The number of hydrogen-bond donors (Lipinski definition) is 2. The first-order valence-corrected chi connectivity index (χ1v) is 18.0. The lowest BCUT2D eigenvalue weighted by atomic mass is 9.99. The number of aliphatic hydroxyl groups is 2. The number of unbranched alkanes of at least 4 members (excludes halogenated alkanes) is 14. The van der Waals surface area contributed by atoms with Crippen LogP contribution in [0, 0.1) is 5.92 Å². The number of hydrogen-bond acceptors (Lipinski definition) is 6. The molecule has 6 heteroatoms. The number of aliphatic hydroxyl groups excluding tert-OH is 2. The lowest BCUT2D eigenvalue weighted by molar-refractivity contribution is -0.161. The molecule has 0 aromatic carbocycles. The summed E-state index contributed by atoms with van der Waals surface area (Å²) in [6, 6.07) is 0. The molecule has 0 rings (SSSR count). The summed E-state index contributed by atoms with van der Waals surface area (Å²) >= 11 is 0. The van der Waals surface area contributed by atoms with Crippen LogP contribution in [0.3, 0.4) is 0 Å². The Morgan fingerprint density at radius 1 is 0.705 bits per heavy atom. The maximum absolute atomic E-state index is 12.1. The highest BCUT2D eigenvalue weighted by Crippen LogP contribution is 2.16. The topological polar surface area (TPSA) is 93.1 Å². The first-order valence-electron chi connectivity index (χ1n) is 18.0. The highest BCUT2D eigenvalue weighted by Gasteiger charge is 2.16. The summed E-state index contributed by atoms with van der Waals surface area (Å²) in [5.74, 6) is 0.225. The second kappa shape index (κ2) is 32.5. The number of carbonyl (C=O) groups is 2. The Labute approximate surface area is 270 Å². The number of allylic oxidation sites excluding steroid dienone is 4. The van der Waals surface area contributed by atoms with E-state index in [2.05, 4.69) is 32.9 Å². The summed E-state index contributed by atoms with van der Waals surface area (Å²) in [5, 5.41) is 19.3. The van der Waals surface area contributed by atoms with Crippen molar-refractivity contribution in [3.05, 3.63) is 36.5 Å². The summed E-state index contributed by atoms with van der Waals surface area (Å²) in [7, 11) is 0. The van der Waals surface area contributed by atoms with Crippen LogP contribution in [0.15, 0.2) is 36.5 Å². The quantitative estimate of drug-likeness (QED) is 0.0347. The summed E-state index contributed by atoms with van der Waals surface area (Å²) in [5.41, 5.74) is 0. The minimum absolute atomic E-state index is 0.0913. The molecule has 0 heterocycles. The van der Waals surface area contributed by atoms with Crippen LogP contribution in [-0.4, -0.2) is 47.6 Å². The van der Waals surface area contributed by atoms with Crippen LogP contribution >= 0.6 is 0 Å². The minimum Gasteiger partial charge on any atom is -0.462 e. The van der Waals surface area contributed by atoms with Crippen LogP contribution in [0.5, 0.6) is 0 Å². The molecule has 2 N–H and O–H groups in total. The molecule has 0 saturated heterocycles. The molecule has 0 saturated carbocycles. The van der Waals surface area contributed by atoms with Gasteiger partial charge in [0.15, 0.2) is 6.10 Å². The molecule has 0 fully saturated rings. The normalized spacial score (nSPS) is 14.0. The van der Waals surface area contributed by atoms with E-state index in [0.29, 0.717) is 19.3 Å². The van der Waals surface area contributed by atoms with Crippen LogP contribution in [0.2, 0.25) is 0 Å². The zero-order chi connectivity index (χ0) is 32.5. The van der Waals surface area contributed by atoms with E-state index in [9.17, 15) is 19.8 Å². The third kappa shape index (κ3) is 30.1. The van der Waals surface area contributed by atoms with Crippen LogP contribution in [0.4, 0.5) is 0 Å². The molecule has 2 unspecified atom stereocenters. The van der Waals surface area contributed by atoms with E-state index in [-0.39, 0.29) is 25.2 Å². The third-order valence-electron chi connectivity index (χ3n) is 8.07. The van der Waals surface area contributed by atoms with E-state index >= 15 is 0 Å². The summed E-state index contributed by atoms with van der Waals surface area (Å²) in [6.07, 6.45) is 33.8. The van der Waals surface area contributed by atoms with Gasteiger partial charge in [-0.25, -0.2) is 0 Å². The van der Waals surface area contributed by atoms with Crippen molar-refractivity contribution in [1.82, 2.24) is 0 Å². The largest absolute Gasteiger partial charge is 0.462 e. The molecular formula is C38H68O6. The highest BCUT2D eigenvalue weighted by atomic mass is 16.6. The van der Waals surface area contributed by atoms with Gasteiger partial charge in [0.05, 0.1) is 12.7 Å². The van der Waals surface area contributed by atoms with Crippen molar-refractivity contribution in [2.45, 2.75) is 174 Å². The molecular weight excluding hydrogens is 552 g/mol.